The van der Waals surface area contributed by atoms with Crippen LogP contribution in [0.2, 0.25) is 0 Å². The van der Waals surface area contributed by atoms with Crippen molar-refractivity contribution < 1.29 is 9.90 Å². The van der Waals surface area contributed by atoms with Crippen molar-refractivity contribution in [2.24, 2.45) is 11.3 Å². The fourth-order valence-electron chi connectivity index (χ4n) is 4.11. The Hall–Kier alpha value is -2.13. The highest BCUT2D eigenvalue weighted by Gasteiger charge is 2.31. The van der Waals surface area contributed by atoms with Gasteiger partial charge in [-0.25, -0.2) is 0 Å². The van der Waals surface area contributed by atoms with Crippen molar-refractivity contribution in [3.05, 3.63) is 71.8 Å². The average molecular weight is 366 g/mol. The van der Waals surface area contributed by atoms with Crippen LogP contribution in [0.25, 0.3) is 0 Å². The molecule has 0 radical (unpaired) electrons. The third-order valence-electron chi connectivity index (χ3n) is 6.05. The van der Waals surface area contributed by atoms with Crippen LogP contribution in [0.3, 0.4) is 0 Å². The van der Waals surface area contributed by atoms with Crippen LogP contribution < -0.4 is 0 Å². The Morgan fingerprint density at radius 1 is 1.00 bits per heavy atom. The Morgan fingerprint density at radius 3 is 1.93 bits per heavy atom. The zero-order valence-electron chi connectivity index (χ0n) is 16.5. The SMILES string of the molecule is CC(C)(CCN1CCC(C(c2ccccc2)c2ccccc2)CC1)C(=O)O. The molecule has 0 aromatic heterocycles. The third-order valence-corrected chi connectivity index (χ3v) is 6.05. The number of benzene rings is 2. The normalized spacial score (nSPS) is 16.6. The van der Waals surface area contributed by atoms with Gasteiger partial charge in [-0.3, -0.25) is 4.79 Å². The lowest BCUT2D eigenvalue weighted by Crippen LogP contribution is -2.38. The van der Waals surface area contributed by atoms with E-state index in [2.05, 4.69) is 65.6 Å². The zero-order chi connectivity index (χ0) is 19.3. The van der Waals surface area contributed by atoms with E-state index in [0.29, 0.717) is 18.3 Å². The summed E-state index contributed by atoms with van der Waals surface area (Å²) in [5.74, 6) is 0.356. The third kappa shape index (κ3) is 4.98. The molecule has 2 aromatic rings. The summed E-state index contributed by atoms with van der Waals surface area (Å²) in [6, 6.07) is 21.7. The molecular weight excluding hydrogens is 334 g/mol. The van der Waals surface area contributed by atoms with Gasteiger partial charge >= 0.3 is 5.97 Å². The first-order valence-corrected chi connectivity index (χ1v) is 10.0. The second-order valence-electron chi connectivity index (χ2n) is 8.42. The summed E-state index contributed by atoms with van der Waals surface area (Å²) in [5, 5.41) is 9.32. The largest absolute Gasteiger partial charge is 0.481 e. The molecule has 1 heterocycles. The second-order valence-corrected chi connectivity index (χ2v) is 8.42. The number of hydrogen-bond acceptors (Lipinski definition) is 2. The molecule has 0 bridgehead atoms. The molecule has 0 saturated carbocycles. The van der Waals surface area contributed by atoms with E-state index in [-0.39, 0.29) is 0 Å². The molecule has 3 nitrogen and oxygen atoms in total. The van der Waals surface area contributed by atoms with E-state index in [4.69, 9.17) is 0 Å². The smallest absolute Gasteiger partial charge is 0.309 e. The van der Waals surface area contributed by atoms with Crippen molar-refractivity contribution in [3.8, 4) is 0 Å². The molecule has 0 unspecified atom stereocenters. The van der Waals surface area contributed by atoms with E-state index < -0.39 is 11.4 Å². The van der Waals surface area contributed by atoms with Crippen LogP contribution in [-0.2, 0) is 4.79 Å². The Kier molecular flexibility index (Phi) is 6.33. The summed E-state index contributed by atoms with van der Waals surface area (Å²) in [4.78, 5) is 13.8. The Labute approximate surface area is 163 Å². The zero-order valence-corrected chi connectivity index (χ0v) is 16.5. The number of piperidine rings is 1. The van der Waals surface area contributed by atoms with Crippen molar-refractivity contribution in [1.29, 1.82) is 0 Å². The molecule has 0 amide bonds. The number of aliphatic carboxylic acids is 1. The van der Waals surface area contributed by atoms with Gasteiger partial charge in [0.25, 0.3) is 0 Å². The lowest BCUT2D eigenvalue weighted by Gasteiger charge is -2.37. The Bertz CT molecular complexity index is 679. The molecule has 2 aromatic carbocycles. The summed E-state index contributed by atoms with van der Waals surface area (Å²) in [7, 11) is 0. The van der Waals surface area contributed by atoms with Gasteiger partial charge in [-0.1, -0.05) is 60.7 Å². The van der Waals surface area contributed by atoms with Gasteiger partial charge in [0.05, 0.1) is 5.41 Å². The number of carboxylic acids is 1. The summed E-state index contributed by atoms with van der Waals surface area (Å²) >= 11 is 0. The Balaban J connectivity index is 1.66. The standard InChI is InChI=1S/C24H31NO2/c1-24(2,23(26)27)15-18-25-16-13-21(14-17-25)22(19-9-5-3-6-10-19)20-11-7-4-8-12-20/h3-12,21-22H,13-18H2,1-2H3,(H,26,27). The van der Waals surface area contributed by atoms with Gasteiger partial charge in [-0.15, -0.1) is 0 Å². The quantitative estimate of drug-likeness (QED) is 0.748. The van der Waals surface area contributed by atoms with E-state index in [1.807, 2.05) is 13.8 Å². The number of nitrogens with zero attached hydrogens (tertiary/aromatic N) is 1. The molecule has 1 N–H and O–H groups in total. The predicted molar refractivity (Wildman–Crippen MR) is 110 cm³/mol. The maximum absolute atomic E-state index is 11.3. The molecule has 144 valence electrons. The minimum absolute atomic E-state index is 0.435. The number of likely N-dealkylation sites (tertiary alicyclic amines) is 1. The predicted octanol–water partition coefficient (Wildman–Crippen LogP) is 5.03. The van der Waals surface area contributed by atoms with Crippen molar-refractivity contribution in [3.63, 3.8) is 0 Å². The number of carbonyl (C=O) groups is 1. The summed E-state index contributed by atoms with van der Waals surface area (Å²) in [6.07, 6.45) is 3.01. The van der Waals surface area contributed by atoms with E-state index in [0.717, 1.165) is 32.5 Å². The first-order valence-electron chi connectivity index (χ1n) is 10.0. The van der Waals surface area contributed by atoms with Crippen molar-refractivity contribution in [2.45, 2.75) is 39.0 Å². The molecule has 27 heavy (non-hydrogen) atoms. The molecule has 1 saturated heterocycles. The maximum atomic E-state index is 11.3. The van der Waals surface area contributed by atoms with Crippen molar-refractivity contribution in [1.82, 2.24) is 4.90 Å². The number of hydrogen-bond donors (Lipinski definition) is 1. The van der Waals surface area contributed by atoms with Gasteiger partial charge < -0.3 is 10.0 Å². The maximum Gasteiger partial charge on any atom is 0.309 e. The summed E-state index contributed by atoms with van der Waals surface area (Å²) < 4.78 is 0. The van der Waals surface area contributed by atoms with E-state index in [9.17, 15) is 9.90 Å². The molecule has 1 aliphatic heterocycles. The Morgan fingerprint density at radius 2 is 1.48 bits per heavy atom. The summed E-state index contributed by atoms with van der Waals surface area (Å²) in [5.41, 5.74) is 2.15. The van der Waals surface area contributed by atoms with Crippen LogP contribution in [0.15, 0.2) is 60.7 Å². The molecule has 1 aliphatic rings. The van der Waals surface area contributed by atoms with Gasteiger partial charge in [0, 0.05) is 5.92 Å². The van der Waals surface area contributed by atoms with Crippen LogP contribution in [0.4, 0.5) is 0 Å². The number of rotatable bonds is 7. The lowest BCUT2D eigenvalue weighted by atomic mass is 9.76. The van der Waals surface area contributed by atoms with E-state index in [1.165, 1.54) is 11.1 Å². The first-order chi connectivity index (χ1) is 13.0. The van der Waals surface area contributed by atoms with Crippen LogP contribution in [-0.4, -0.2) is 35.6 Å². The molecule has 0 atom stereocenters. The molecule has 0 aliphatic carbocycles. The monoisotopic (exact) mass is 365 g/mol. The fraction of sp³-hybridized carbons (Fsp3) is 0.458. The van der Waals surface area contributed by atoms with E-state index in [1.54, 1.807) is 0 Å². The topological polar surface area (TPSA) is 40.5 Å². The lowest BCUT2D eigenvalue weighted by molar-refractivity contribution is -0.147. The molecule has 0 spiro atoms. The highest BCUT2D eigenvalue weighted by Crippen LogP contribution is 2.38. The van der Waals surface area contributed by atoms with Crippen LogP contribution in [0.5, 0.6) is 0 Å². The van der Waals surface area contributed by atoms with Gasteiger partial charge in [-0.05, 0) is 69.8 Å². The first kappa shape index (κ1) is 19.6. The van der Waals surface area contributed by atoms with Gasteiger partial charge in [0.2, 0.25) is 0 Å². The van der Waals surface area contributed by atoms with Crippen LogP contribution >= 0.6 is 0 Å². The van der Waals surface area contributed by atoms with Gasteiger partial charge in [0.1, 0.15) is 0 Å². The summed E-state index contributed by atoms with van der Waals surface area (Å²) in [6.45, 7) is 6.62. The molecule has 3 rings (SSSR count). The van der Waals surface area contributed by atoms with Gasteiger partial charge in [-0.2, -0.15) is 0 Å². The minimum atomic E-state index is -0.703. The molecule has 1 fully saturated rings. The number of carboxylic acid groups (broad SMARTS) is 1. The fourth-order valence-corrected chi connectivity index (χ4v) is 4.11. The van der Waals surface area contributed by atoms with Crippen molar-refractivity contribution >= 4 is 5.97 Å². The van der Waals surface area contributed by atoms with Crippen LogP contribution in [0.1, 0.15) is 50.2 Å². The highest BCUT2D eigenvalue weighted by atomic mass is 16.4. The average Bonchev–Trinajstić information content (AvgIpc) is 2.69. The molecule has 3 heteroatoms. The minimum Gasteiger partial charge on any atom is -0.481 e. The van der Waals surface area contributed by atoms with E-state index >= 15 is 0 Å². The highest BCUT2D eigenvalue weighted by molar-refractivity contribution is 5.73. The second kappa shape index (κ2) is 8.71. The molecular formula is C24H31NO2. The van der Waals surface area contributed by atoms with Gasteiger partial charge in [0.15, 0.2) is 0 Å². The van der Waals surface area contributed by atoms with Crippen molar-refractivity contribution in [2.75, 3.05) is 19.6 Å². The van der Waals surface area contributed by atoms with Crippen LogP contribution in [0, 0.1) is 11.3 Å².